The van der Waals surface area contributed by atoms with Gasteiger partial charge in [0.15, 0.2) is 0 Å². The minimum absolute atomic E-state index is 0.0162. The number of benzene rings is 3. The average molecular weight is 458 g/mol. The fourth-order valence-corrected chi connectivity index (χ4v) is 4.50. The predicted octanol–water partition coefficient (Wildman–Crippen LogP) is 4.52. The molecule has 3 aromatic carbocycles. The lowest BCUT2D eigenvalue weighted by Crippen LogP contribution is -2.53. The first-order chi connectivity index (χ1) is 16.4. The van der Waals surface area contributed by atoms with E-state index in [1.54, 1.807) is 11.0 Å². The van der Waals surface area contributed by atoms with Gasteiger partial charge in [-0.1, -0.05) is 68.4 Å². The second-order valence-electron chi connectivity index (χ2n) is 8.82. The number of hydrogen-bond acceptors (Lipinski definition) is 3. The average Bonchev–Trinajstić information content (AvgIpc) is 3.12. The molecule has 0 fully saturated rings. The Hall–Kier alpha value is -3.67. The van der Waals surface area contributed by atoms with Crippen LogP contribution in [0.25, 0.3) is 10.8 Å². The largest absolute Gasteiger partial charge is 0.352 e. The van der Waals surface area contributed by atoms with E-state index in [1.807, 2.05) is 81.4 Å². The standard InChI is InChI=1S/C28H31N3O3/c1-4-19(3)29-27(33)23(5-2)30(17-20-11-7-6-8-12-20)25(32)18-31-24-16-10-14-21-13-9-15-22(26(21)24)28(31)34/h6-16,19,23H,4-5,17-18H2,1-3H3,(H,29,33)/t19-,23+/m1/s1. The molecular formula is C28H31N3O3. The highest BCUT2D eigenvalue weighted by molar-refractivity contribution is 6.26. The van der Waals surface area contributed by atoms with Gasteiger partial charge in [-0.3, -0.25) is 19.3 Å². The fraction of sp³-hybridized carbons (Fsp3) is 0.321. The van der Waals surface area contributed by atoms with E-state index < -0.39 is 6.04 Å². The molecule has 1 N–H and O–H groups in total. The summed E-state index contributed by atoms with van der Waals surface area (Å²) >= 11 is 0. The monoisotopic (exact) mass is 457 g/mol. The molecule has 1 heterocycles. The Morgan fingerprint density at radius 3 is 2.32 bits per heavy atom. The summed E-state index contributed by atoms with van der Waals surface area (Å²) in [6.45, 7) is 6.05. The smallest absolute Gasteiger partial charge is 0.259 e. The van der Waals surface area contributed by atoms with Crippen LogP contribution in [0.2, 0.25) is 0 Å². The van der Waals surface area contributed by atoms with E-state index in [0.29, 0.717) is 18.5 Å². The van der Waals surface area contributed by atoms with Crippen LogP contribution < -0.4 is 10.2 Å². The molecule has 3 aromatic rings. The minimum atomic E-state index is -0.627. The molecule has 176 valence electrons. The lowest BCUT2D eigenvalue weighted by molar-refractivity contribution is -0.140. The zero-order chi connectivity index (χ0) is 24.2. The quantitative estimate of drug-likeness (QED) is 0.514. The van der Waals surface area contributed by atoms with Crippen molar-refractivity contribution in [3.63, 3.8) is 0 Å². The Bertz CT molecular complexity index is 1200. The molecule has 6 heteroatoms. The molecule has 0 aliphatic carbocycles. The van der Waals surface area contributed by atoms with Gasteiger partial charge >= 0.3 is 0 Å². The molecule has 2 atom stereocenters. The van der Waals surface area contributed by atoms with Crippen molar-refractivity contribution >= 4 is 34.2 Å². The Morgan fingerprint density at radius 1 is 0.941 bits per heavy atom. The zero-order valence-electron chi connectivity index (χ0n) is 20.0. The van der Waals surface area contributed by atoms with Crippen LogP contribution in [0.3, 0.4) is 0 Å². The van der Waals surface area contributed by atoms with Crippen molar-refractivity contribution in [1.29, 1.82) is 0 Å². The highest BCUT2D eigenvalue weighted by Gasteiger charge is 2.35. The van der Waals surface area contributed by atoms with E-state index in [4.69, 9.17) is 0 Å². The Balaban J connectivity index is 1.64. The van der Waals surface area contributed by atoms with E-state index >= 15 is 0 Å². The minimum Gasteiger partial charge on any atom is -0.352 e. The van der Waals surface area contributed by atoms with Crippen molar-refractivity contribution < 1.29 is 14.4 Å². The van der Waals surface area contributed by atoms with Crippen LogP contribution in [-0.4, -0.2) is 41.2 Å². The van der Waals surface area contributed by atoms with Gasteiger partial charge in [0.1, 0.15) is 12.6 Å². The van der Waals surface area contributed by atoms with E-state index in [2.05, 4.69) is 5.32 Å². The Morgan fingerprint density at radius 2 is 1.65 bits per heavy atom. The molecule has 1 aliphatic rings. The number of nitrogens with zero attached hydrogens (tertiary/aromatic N) is 2. The second-order valence-corrected chi connectivity index (χ2v) is 8.82. The van der Waals surface area contributed by atoms with Gasteiger partial charge in [-0.25, -0.2) is 0 Å². The Kier molecular flexibility index (Phi) is 6.96. The molecule has 1 aliphatic heterocycles. The maximum absolute atomic E-state index is 13.7. The summed E-state index contributed by atoms with van der Waals surface area (Å²) in [5.41, 5.74) is 2.28. The van der Waals surface area contributed by atoms with Gasteiger partial charge in [0.25, 0.3) is 5.91 Å². The van der Waals surface area contributed by atoms with Crippen molar-refractivity contribution in [3.05, 3.63) is 77.9 Å². The van der Waals surface area contributed by atoms with Crippen LogP contribution >= 0.6 is 0 Å². The topological polar surface area (TPSA) is 69.7 Å². The van der Waals surface area contributed by atoms with E-state index in [9.17, 15) is 14.4 Å². The number of carbonyl (C=O) groups excluding carboxylic acids is 3. The molecule has 0 radical (unpaired) electrons. The van der Waals surface area contributed by atoms with E-state index in [1.165, 1.54) is 4.90 Å². The zero-order valence-corrected chi connectivity index (χ0v) is 20.0. The van der Waals surface area contributed by atoms with Crippen LogP contribution in [0.5, 0.6) is 0 Å². The molecule has 0 saturated carbocycles. The molecule has 0 saturated heterocycles. The highest BCUT2D eigenvalue weighted by atomic mass is 16.2. The molecule has 6 nitrogen and oxygen atoms in total. The number of anilines is 1. The summed E-state index contributed by atoms with van der Waals surface area (Å²) in [6, 6.07) is 20.4. The van der Waals surface area contributed by atoms with Gasteiger partial charge in [0.2, 0.25) is 11.8 Å². The molecular weight excluding hydrogens is 426 g/mol. The summed E-state index contributed by atoms with van der Waals surface area (Å²) in [7, 11) is 0. The SMILES string of the molecule is CC[C@@H](C)NC(=O)[C@H](CC)N(Cc1ccccc1)C(=O)CN1C(=O)c2cccc3cccc1c23. The molecule has 0 spiro atoms. The lowest BCUT2D eigenvalue weighted by atomic mass is 10.1. The van der Waals surface area contributed by atoms with Crippen molar-refractivity contribution in [2.45, 2.75) is 52.2 Å². The molecule has 3 amide bonds. The molecule has 0 aromatic heterocycles. The predicted molar refractivity (Wildman–Crippen MR) is 135 cm³/mol. The normalized spacial score (nSPS) is 14.2. The van der Waals surface area contributed by atoms with Gasteiger partial charge in [-0.15, -0.1) is 0 Å². The third kappa shape index (κ3) is 4.53. The maximum atomic E-state index is 13.7. The van der Waals surface area contributed by atoms with Gasteiger partial charge in [0, 0.05) is 23.5 Å². The maximum Gasteiger partial charge on any atom is 0.259 e. The van der Waals surface area contributed by atoms with Crippen LogP contribution in [-0.2, 0) is 16.1 Å². The van der Waals surface area contributed by atoms with Gasteiger partial charge in [-0.05, 0) is 42.8 Å². The first kappa shape index (κ1) is 23.5. The number of nitrogens with one attached hydrogen (secondary N) is 1. The fourth-order valence-electron chi connectivity index (χ4n) is 4.50. The molecule has 0 bridgehead atoms. The third-order valence-electron chi connectivity index (χ3n) is 6.53. The first-order valence-electron chi connectivity index (χ1n) is 11.9. The molecule has 34 heavy (non-hydrogen) atoms. The third-order valence-corrected chi connectivity index (χ3v) is 6.53. The number of amides is 3. The molecule has 0 unspecified atom stereocenters. The van der Waals surface area contributed by atoms with Crippen LogP contribution in [0.4, 0.5) is 5.69 Å². The number of rotatable bonds is 9. The van der Waals surface area contributed by atoms with E-state index in [0.717, 1.165) is 28.4 Å². The lowest BCUT2D eigenvalue weighted by Gasteiger charge is -2.32. The Labute approximate surface area is 200 Å². The van der Waals surface area contributed by atoms with Crippen LogP contribution in [0.1, 0.15) is 49.5 Å². The summed E-state index contributed by atoms with van der Waals surface area (Å²) in [4.78, 5) is 43.2. The van der Waals surface area contributed by atoms with Crippen molar-refractivity contribution in [3.8, 4) is 0 Å². The summed E-state index contributed by atoms with van der Waals surface area (Å²) < 4.78 is 0. The van der Waals surface area contributed by atoms with Crippen molar-refractivity contribution in [2.75, 3.05) is 11.4 Å². The summed E-state index contributed by atoms with van der Waals surface area (Å²) in [5, 5.41) is 4.87. The molecule has 4 rings (SSSR count). The number of hydrogen-bond donors (Lipinski definition) is 1. The first-order valence-corrected chi connectivity index (χ1v) is 11.9. The van der Waals surface area contributed by atoms with Gasteiger partial charge < -0.3 is 10.2 Å². The van der Waals surface area contributed by atoms with Gasteiger partial charge in [-0.2, -0.15) is 0 Å². The van der Waals surface area contributed by atoms with Crippen molar-refractivity contribution in [2.24, 2.45) is 0 Å². The summed E-state index contributed by atoms with van der Waals surface area (Å²) in [6.07, 6.45) is 1.28. The van der Waals surface area contributed by atoms with E-state index in [-0.39, 0.29) is 30.3 Å². The number of carbonyl (C=O) groups is 3. The van der Waals surface area contributed by atoms with Crippen LogP contribution in [0.15, 0.2) is 66.7 Å². The van der Waals surface area contributed by atoms with Gasteiger partial charge in [0.05, 0.1) is 5.69 Å². The van der Waals surface area contributed by atoms with Crippen LogP contribution in [0, 0.1) is 0 Å². The highest BCUT2D eigenvalue weighted by Crippen LogP contribution is 2.37. The summed E-state index contributed by atoms with van der Waals surface area (Å²) in [5.74, 6) is -0.607. The van der Waals surface area contributed by atoms with Crippen molar-refractivity contribution in [1.82, 2.24) is 10.2 Å². The second kappa shape index (κ2) is 10.1.